The van der Waals surface area contributed by atoms with E-state index in [1.807, 2.05) is 13.8 Å². The Hall–Kier alpha value is -2.07. The van der Waals surface area contributed by atoms with Crippen molar-refractivity contribution in [2.45, 2.75) is 64.3 Å². The first kappa shape index (κ1) is 23.1. The van der Waals surface area contributed by atoms with Crippen LogP contribution < -0.4 is 9.04 Å². The number of rotatable bonds is 5. The molecule has 0 amide bonds. The molecule has 0 bridgehead atoms. The van der Waals surface area contributed by atoms with Crippen LogP contribution in [0.3, 0.4) is 0 Å². The Morgan fingerprint density at radius 3 is 2.75 bits per heavy atom. The number of anilines is 1. The molecule has 4 rings (SSSR count). The van der Waals surface area contributed by atoms with E-state index in [1.54, 1.807) is 22.5 Å². The molecular weight excluding hydrogens is 433 g/mol. The maximum Gasteiger partial charge on any atom is 0.176 e. The molecule has 176 valence electrons. The van der Waals surface area contributed by atoms with Crippen LogP contribution in [0.2, 0.25) is 0 Å². The van der Waals surface area contributed by atoms with Crippen molar-refractivity contribution in [2.75, 3.05) is 16.6 Å². The van der Waals surface area contributed by atoms with Crippen LogP contribution in [0.4, 0.5) is 10.1 Å². The molecule has 1 aromatic heterocycles. The molecule has 0 saturated carbocycles. The fraction of sp³-hybridized carbons (Fsp3) is 0.522. The first-order valence-electron chi connectivity index (χ1n) is 11.0. The van der Waals surface area contributed by atoms with E-state index in [-0.39, 0.29) is 23.7 Å². The number of pyridine rings is 1. The normalized spacial score (nSPS) is 26.6. The van der Waals surface area contributed by atoms with Gasteiger partial charge in [0.05, 0.1) is 35.0 Å². The third-order valence-corrected chi connectivity index (χ3v) is 8.34. The van der Waals surface area contributed by atoms with Gasteiger partial charge in [0.15, 0.2) is 11.5 Å². The van der Waals surface area contributed by atoms with Crippen LogP contribution in [-0.4, -0.2) is 54.1 Å². The van der Waals surface area contributed by atoms with Crippen molar-refractivity contribution in [2.24, 2.45) is 0 Å². The number of likely N-dealkylation sites (tertiary alicyclic amines) is 1. The standard InChI is InChI=1S/C23H32FN3O4S/c1-16(2)31-22-12-19(25-14-21(22)28)15-26-9-7-23(13-17(26)3)8-10-32(29,30)27(23)20-6-4-5-18(24)11-20/h4-6,11-12,14,16-17,28-30H,7-10,13,15H2,1-3H3/t17-,23-/m0/s1. The Bertz CT molecular complexity index is 976. The molecule has 3 N–H and O–H groups in total. The molecule has 0 aliphatic carbocycles. The van der Waals surface area contributed by atoms with Gasteiger partial charge in [0.1, 0.15) is 5.82 Å². The lowest BCUT2D eigenvalue weighted by Gasteiger charge is -2.52. The monoisotopic (exact) mass is 465 g/mol. The van der Waals surface area contributed by atoms with E-state index in [0.717, 1.165) is 25.1 Å². The van der Waals surface area contributed by atoms with Crippen molar-refractivity contribution in [3.63, 3.8) is 0 Å². The minimum atomic E-state index is -3.00. The fourth-order valence-electron chi connectivity index (χ4n) is 4.99. The van der Waals surface area contributed by atoms with Crippen LogP contribution in [0.15, 0.2) is 36.5 Å². The number of halogens is 1. The molecule has 2 saturated heterocycles. The van der Waals surface area contributed by atoms with Crippen molar-refractivity contribution >= 4 is 16.5 Å². The summed E-state index contributed by atoms with van der Waals surface area (Å²) in [5, 5.41) is 10.0. The van der Waals surface area contributed by atoms with Crippen molar-refractivity contribution in [3.05, 3.63) is 48.0 Å². The maximum absolute atomic E-state index is 13.9. The molecule has 0 unspecified atom stereocenters. The second kappa shape index (κ2) is 8.70. The first-order valence-corrected chi connectivity index (χ1v) is 12.7. The second-order valence-electron chi connectivity index (χ2n) is 9.17. The van der Waals surface area contributed by atoms with Gasteiger partial charge in [-0.15, -0.1) is 10.8 Å². The fourth-order valence-corrected chi connectivity index (χ4v) is 7.15. The molecule has 1 aromatic carbocycles. The highest BCUT2D eigenvalue weighted by molar-refractivity contribution is 8.25. The third kappa shape index (κ3) is 4.52. The molecule has 32 heavy (non-hydrogen) atoms. The van der Waals surface area contributed by atoms with Crippen molar-refractivity contribution in [3.8, 4) is 11.5 Å². The lowest BCUT2D eigenvalue weighted by atomic mass is 9.81. The first-order chi connectivity index (χ1) is 15.1. The maximum atomic E-state index is 13.9. The highest BCUT2D eigenvalue weighted by Gasteiger charge is 2.52. The lowest BCUT2D eigenvalue weighted by Crippen LogP contribution is -2.55. The van der Waals surface area contributed by atoms with Crippen LogP contribution in [-0.2, 0) is 6.54 Å². The van der Waals surface area contributed by atoms with Gasteiger partial charge in [-0.2, -0.15) is 0 Å². The molecule has 2 aromatic rings. The van der Waals surface area contributed by atoms with Crippen molar-refractivity contribution in [1.29, 1.82) is 0 Å². The number of aromatic hydroxyl groups is 1. The Kier molecular flexibility index (Phi) is 6.28. The van der Waals surface area contributed by atoms with Gasteiger partial charge in [-0.25, -0.2) is 4.39 Å². The summed E-state index contributed by atoms with van der Waals surface area (Å²) >= 11 is 0. The van der Waals surface area contributed by atoms with E-state index in [4.69, 9.17) is 4.74 Å². The van der Waals surface area contributed by atoms with Gasteiger partial charge < -0.3 is 9.84 Å². The zero-order valence-corrected chi connectivity index (χ0v) is 19.6. The summed E-state index contributed by atoms with van der Waals surface area (Å²) < 4.78 is 42.9. The molecule has 2 atom stereocenters. The molecule has 3 heterocycles. The topological polar surface area (TPSA) is 89.3 Å². The van der Waals surface area contributed by atoms with Gasteiger partial charge in [0.2, 0.25) is 0 Å². The van der Waals surface area contributed by atoms with Gasteiger partial charge in [-0.1, -0.05) is 6.07 Å². The smallest absolute Gasteiger partial charge is 0.176 e. The van der Waals surface area contributed by atoms with Crippen molar-refractivity contribution in [1.82, 2.24) is 9.88 Å². The lowest BCUT2D eigenvalue weighted by molar-refractivity contribution is 0.101. The van der Waals surface area contributed by atoms with Crippen LogP contribution in [0, 0.1) is 5.82 Å². The van der Waals surface area contributed by atoms with Gasteiger partial charge >= 0.3 is 0 Å². The Morgan fingerprint density at radius 2 is 2.06 bits per heavy atom. The van der Waals surface area contributed by atoms with E-state index in [9.17, 15) is 18.6 Å². The summed E-state index contributed by atoms with van der Waals surface area (Å²) in [4.78, 5) is 6.66. The molecule has 7 nitrogen and oxygen atoms in total. The molecule has 2 fully saturated rings. The van der Waals surface area contributed by atoms with Crippen LogP contribution in [0.1, 0.15) is 45.7 Å². The van der Waals surface area contributed by atoms with E-state index in [0.29, 0.717) is 30.2 Å². The summed E-state index contributed by atoms with van der Waals surface area (Å²) in [6.07, 6.45) is 3.49. The summed E-state index contributed by atoms with van der Waals surface area (Å²) in [6, 6.07) is 8.03. The highest BCUT2D eigenvalue weighted by Crippen LogP contribution is 2.61. The van der Waals surface area contributed by atoms with Gasteiger partial charge in [0, 0.05) is 25.2 Å². The van der Waals surface area contributed by atoms with Crippen molar-refractivity contribution < 1.29 is 23.3 Å². The number of benzene rings is 1. The largest absolute Gasteiger partial charge is 0.503 e. The Labute approximate surface area is 190 Å². The predicted molar refractivity (Wildman–Crippen MR) is 125 cm³/mol. The summed E-state index contributed by atoms with van der Waals surface area (Å²) in [5.74, 6) is 0.359. The molecule has 2 aliphatic rings. The molecule has 2 aliphatic heterocycles. The van der Waals surface area contributed by atoms with E-state index in [1.165, 1.54) is 18.3 Å². The minimum absolute atomic E-state index is 0.0231. The molecule has 9 heteroatoms. The zero-order valence-electron chi connectivity index (χ0n) is 18.7. The summed E-state index contributed by atoms with van der Waals surface area (Å²) in [7, 11) is -3.00. The molecule has 0 radical (unpaired) electrons. The van der Waals surface area contributed by atoms with E-state index < -0.39 is 16.3 Å². The quantitative estimate of drug-likeness (QED) is 0.572. The molecule has 1 spiro atoms. The summed E-state index contributed by atoms with van der Waals surface area (Å²) in [5.41, 5.74) is 0.911. The Morgan fingerprint density at radius 1 is 1.28 bits per heavy atom. The van der Waals surface area contributed by atoms with Gasteiger partial charge in [-0.05, 0) is 58.2 Å². The number of ether oxygens (including phenoxy) is 1. The number of piperidine rings is 1. The van der Waals surface area contributed by atoms with Crippen LogP contribution >= 0.6 is 10.8 Å². The minimum Gasteiger partial charge on any atom is -0.503 e. The van der Waals surface area contributed by atoms with Gasteiger partial charge in [-0.3, -0.25) is 23.3 Å². The van der Waals surface area contributed by atoms with E-state index in [2.05, 4.69) is 16.8 Å². The number of aromatic nitrogens is 1. The van der Waals surface area contributed by atoms with E-state index >= 15 is 0 Å². The highest BCUT2D eigenvalue weighted by atomic mass is 32.3. The average Bonchev–Trinajstić information content (AvgIpc) is 2.96. The second-order valence-corrected chi connectivity index (χ2v) is 11.2. The van der Waals surface area contributed by atoms with Gasteiger partial charge in [0.25, 0.3) is 0 Å². The average molecular weight is 466 g/mol. The summed E-state index contributed by atoms with van der Waals surface area (Å²) in [6.45, 7) is 7.28. The zero-order chi connectivity index (χ0) is 23.1. The number of hydrogen-bond acceptors (Lipinski definition) is 7. The third-order valence-electron chi connectivity index (χ3n) is 6.40. The number of hydrogen-bond donors (Lipinski definition) is 3. The molecular formula is C23H32FN3O4S. The number of nitrogens with zero attached hydrogens (tertiary/aromatic N) is 3. The predicted octanol–water partition coefficient (Wildman–Crippen LogP) is 5.01. The Balaban J connectivity index is 1.52. The van der Waals surface area contributed by atoms with Crippen LogP contribution in [0.25, 0.3) is 0 Å². The SMILES string of the molecule is CC(C)Oc1cc(CN2CC[C@]3(CCS(O)(O)N3c3cccc(F)c3)C[C@@H]2C)ncc1O. The van der Waals surface area contributed by atoms with Crippen LogP contribution in [0.5, 0.6) is 11.5 Å².